The fraction of sp³-hybridized carbons (Fsp3) is 0. The van der Waals surface area contributed by atoms with Gasteiger partial charge in [-0.2, -0.15) is 17.6 Å². The van der Waals surface area contributed by atoms with E-state index in [1.54, 1.807) is 24.4 Å². The minimum Gasteiger partial charge on any atom is -0.289 e. The van der Waals surface area contributed by atoms with E-state index in [1.165, 1.54) is 16.8 Å². The van der Waals surface area contributed by atoms with Crippen LogP contribution in [0.4, 0.5) is 0 Å². The summed E-state index contributed by atoms with van der Waals surface area (Å²) in [4.78, 5) is 4.05. The molecule has 0 unspecified atom stereocenters. The van der Waals surface area contributed by atoms with Crippen molar-refractivity contribution in [2.45, 2.75) is 5.03 Å². The first kappa shape index (κ1) is 11.7. The van der Waals surface area contributed by atoms with Gasteiger partial charge in [0, 0.05) is 11.4 Å². The highest BCUT2D eigenvalue weighted by Gasteiger charge is 2.22. The quantitative estimate of drug-likeness (QED) is 0.637. The highest BCUT2D eigenvalue weighted by molar-refractivity contribution is 7.89. The first-order valence-electron chi connectivity index (χ1n) is 5.41. The van der Waals surface area contributed by atoms with Crippen molar-refractivity contribution in [1.82, 2.24) is 18.6 Å². The summed E-state index contributed by atoms with van der Waals surface area (Å²) in [6.45, 7) is 7.33. The van der Waals surface area contributed by atoms with E-state index in [9.17, 15) is 8.42 Å². The van der Waals surface area contributed by atoms with Gasteiger partial charge in [0.15, 0.2) is 5.03 Å². The van der Waals surface area contributed by atoms with Crippen LogP contribution in [0.2, 0.25) is 0 Å². The van der Waals surface area contributed by atoms with E-state index in [-0.39, 0.29) is 10.4 Å². The molecule has 0 spiro atoms. The maximum atomic E-state index is 12.5. The first-order chi connectivity index (χ1) is 9.01. The maximum absolute atomic E-state index is 12.5. The molecule has 19 heavy (non-hydrogen) atoms. The van der Waals surface area contributed by atoms with Crippen LogP contribution in [0.1, 0.15) is 0 Å². The van der Waals surface area contributed by atoms with Gasteiger partial charge < -0.3 is 0 Å². The van der Waals surface area contributed by atoms with Gasteiger partial charge in [0.25, 0.3) is 0 Å². The fourth-order valence-electron chi connectivity index (χ4n) is 1.78. The van der Waals surface area contributed by atoms with Crippen molar-refractivity contribution < 1.29 is 8.42 Å². The Morgan fingerprint density at radius 2 is 1.95 bits per heavy atom. The minimum absolute atomic E-state index is 0.0381. The van der Waals surface area contributed by atoms with Crippen molar-refractivity contribution in [3.05, 3.63) is 47.4 Å². The smallest absolute Gasteiger partial charge is 0.289 e. The number of aromatic nitrogens is 4. The Hall–Kier alpha value is -2.41. The van der Waals surface area contributed by atoms with Crippen LogP contribution in [-0.2, 0) is 10.0 Å². The first-order valence-corrected chi connectivity index (χ1v) is 6.85. The normalized spacial score (nSPS) is 12.0. The molecule has 96 valence electrons. The molecular formula is C12H10N4O2S. The summed E-state index contributed by atoms with van der Waals surface area (Å²) >= 11 is 0. The van der Waals surface area contributed by atoms with Gasteiger partial charge in [-0.05, 0) is 12.1 Å². The molecular weight excluding hydrogens is 264 g/mol. The van der Waals surface area contributed by atoms with Crippen LogP contribution in [0, 0.1) is 0 Å². The summed E-state index contributed by atoms with van der Waals surface area (Å²) in [6.07, 6.45) is 4.30. The van der Waals surface area contributed by atoms with Crippen LogP contribution in [0.5, 0.6) is 0 Å². The molecule has 0 aliphatic heterocycles. The number of nitrogens with zero attached hydrogens (tertiary/aromatic N) is 4. The Morgan fingerprint density at radius 3 is 2.63 bits per heavy atom. The molecule has 0 saturated carbocycles. The standard InChI is InChI=1S/C12H10N4O2S/c1-9-7-14-16(10(9)2)19(17,18)12-8-13-11-5-3-4-6-15(11)12/h3-8H,1-2H2. The number of fused-ring (bicyclic) bond motifs is 1. The highest BCUT2D eigenvalue weighted by Crippen LogP contribution is 2.13. The Morgan fingerprint density at radius 1 is 1.16 bits per heavy atom. The lowest BCUT2D eigenvalue weighted by Gasteiger charge is -2.04. The molecule has 0 N–H and O–H groups in total. The third-order valence-corrected chi connectivity index (χ3v) is 4.40. The third kappa shape index (κ3) is 1.59. The van der Waals surface area contributed by atoms with E-state index in [1.807, 2.05) is 0 Å². The van der Waals surface area contributed by atoms with Crippen LogP contribution in [-0.4, -0.2) is 27.0 Å². The summed E-state index contributed by atoms with van der Waals surface area (Å²) in [5.41, 5.74) is 0.550. The molecule has 0 aromatic carbocycles. The molecule has 0 saturated heterocycles. The zero-order valence-electron chi connectivity index (χ0n) is 9.89. The Kier molecular flexibility index (Phi) is 2.33. The van der Waals surface area contributed by atoms with Gasteiger partial charge in [-0.3, -0.25) is 4.40 Å². The van der Waals surface area contributed by atoms with E-state index in [0.29, 0.717) is 10.9 Å². The molecule has 0 fully saturated rings. The maximum Gasteiger partial charge on any atom is 0.301 e. The van der Waals surface area contributed by atoms with Gasteiger partial charge in [-0.15, -0.1) is 0 Å². The summed E-state index contributed by atoms with van der Waals surface area (Å²) < 4.78 is 27.4. The number of pyridine rings is 1. The second-order valence-electron chi connectivity index (χ2n) is 3.99. The lowest BCUT2D eigenvalue weighted by Crippen LogP contribution is -2.32. The van der Waals surface area contributed by atoms with E-state index in [0.717, 1.165) is 4.09 Å². The summed E-state index contributed by atoms with van der Waals surface area (Å²) in [7, 11) is -3.83. The number of hydrogen-bond acceptors (Lipinski definition) is 4. The molecule has 0 bridgehead atoms. The average Bonchev–Trinajstić information content (AvgIpc) is 2.95. The van der Waals surface area contributed by atoms with E-state index >= 15 is 0 Å². The monoisotopic (exact) mass is 274 g/mol. The minimum atomic E-state index is -3.83. The van der Waals surface area contributed by atoms with Crippen molar-refractivity contribution in [1.29, 1.82) is 0 Å². The number of imidazole rings is 1. The fourth-order valence-corrected chi connectivity index (χ4v) is 3.13. The lowest BCUT2D eigenvalue weighted by atomic mass is 10.5. The predicted octanol–water partition coefficient (Wildman–Crippen LogP) is -0.412. The molecule has 0 radical (unpaired) electrons. The Balaban J connectivity index is 2.35. The largest absolute Gasteiger partial charge is 0.301 e. The van der Waals surface area contributed by atoms with Crippen LogP contribution >= 0.6 is 0 Å². The van der Waals surface area contributed by atoms with E-state index in [4.69, 9.17) is 0 Å². The third-order valence-electron chi connectivity index (χ3n) is 2.80. The number of rotatable bonds is 2. The summed E-state index contributed by atoms with van der Waals surface area (Å²) in [5.74, 6) is 0. The molecule has 0 atom stereocenters. The molecule has 3 aromatic rings. The SMILES string of the molecule is C=c1cnn(S(=O)(=O)c2cnc3ccccn23)c1=C. The topological polar surface area (TPSA) is 69.3 Å². The second kappa shape index (κ2) is 3.79. The van der Waals surface area contributed by atoms with Crippen LogP contribution in [0.25, 0.3) is 18.8 Å². The van der Waals surface area contributed by atoms with Crippen molar-refractivity contribution in [2.24, 2.45) is 0 Å². The lowest BCUT2D eigenvalue weighted by molar-refractivity contribution is 0.573. The molecule has 7 heteroatoms. The molecule has 0 aliphatic rings. The van der Waals surface area contributed by atoms with Crippen LogP contribution in [0.3, 0.4) is 0 Å². The molecule has 3 heterocycles. The molecule has 0 amide bonds. The molecule has 3 aromatic heterocycles. The van der Waals surface area contributed by atoms with Crippen molar-refractivity contribution >= 4 is 28.8 Å². The van der Waals surface area contributed by atoms with Crippen molar-refractivity contribution in [2.75, 3.05) is 0 Å². The van der Waals surface area contributed by atoms with Crippen molar-refractivity contribution in [3.63, 3.8) is 0 Å². The van der Waals surface area contributed by atoms with E-state index < -0.39 is 10.0 Å². The van der Waals surface area contributed by atoms with Gasteiger partial charge in [-0.25, -0.2) is 4.98 Å². The summed E-state index contributed by atoms with van der Waals surface area (Å²) in [6, 6.07) is 5.24. The zero-order valence-corrected chi connectivity index (χ0v) is 10.7. The predicted molar refractivity (Wildman–Crippen MR) is 70.3 cm³/mol. The van der Waals surface area contributed by atoms with Crippen LogP contribution < -0.4 is 10.6 Å². The molecule has 0 aliphatic carbocycles. The highest BCUT2D eigenvalue weighted by atomic mass is 32.2. The Labute approximate surface area is 109 Å². The van der Waals surface area contributed by atoms with Gasteiger partial charge >= 0.3 is 10.0 Å². The molecule has 3 rings (SSSR count). The van der Waals surface area contributed by atoms with Gasteiger partial charge in [0.1, 0.15) is 5.65 Å². The molecule has 6 nitrogen and oxygen atoms in total. The van der Waals surface area contributed by atoms with E-state index in [2.05, 4.69) is 23.2 Å². The van der Waals surface area contributed by atoms with Gasteiger partial charge in [-0.1, -0.05) is 19.2 Å². The average molecular weight is 274 g/mol. The Bertz CT molecular complexity index is 969. The van der Waals surface area contributed by atoms with Crippen molar-refractivity contribution in [3.8, 4) is 0 Å². The van der Waals surface area contributed by atoms with Crippen LogP contribution in [0.15, 0.2) is 41.8 Å². The van der Waals surface area contributed by atoms with Gasteiger partial charge in [0.2, 0.25) is 0 Å². The second-order valence-corrected chi connectivity index (χ2v) is 5.70. The summed E-state index contributed by atoms with van der Waals surface area (Å²) in [5, 5.41) is 4.56. The number of hydrogen-bond donors (Lipinski definition) is 0. The van der Waals surface area contributed by atoms with Gasteiger partial charge in [0.05, 0.1) is 17.7 Å². The zero-order chi connectivity index (χ0) is 13.6.